The SMILES string of the molecule is C1=Cc2ncc3ccc4ccccc4c3c2CC1.O. The zero-order chi connectivity index (χ0) is 11.9. The fourth-order valence-electron chi connectivity index (χ4n) is 2.90. The van der Waals surface area contributed by atoms with Crippen molar-refractivity contribution >= 4 is 27.6 Å². The Morgan fingerprint density at radius 3 is 2.74 bits per heavy atom. The van der Waals surface area contributed by atoms with Crippen molar-refractivity contribution in [1.29, 1.82) is 0 Å². The lowest BCUT2D eigenvalue weighted by Crippen LogP contribution is -1.98. The van der Waals surface area contributed by atoms with Gasteiger partial charge in [-0.25, -0.2) is 0 Å². The summed E-state index contributed by atoms with van der Waals surface area (Å²) in [5.74, 6) is 0. The van der Waals surface area contributed by atoms with Crippen molar-refractivity contribution in [1.82, 2.24) is 4.98 Å². The number of rotatable bonds is 0. The third-order valence-corrected chi connectivity index (χ3v) is 3.75. The van der Waals surface area contributed by atoms with Gasteiger partial charge in [0.25, 0.3) is 0 Å². The van der Waals surface area contributed by atoms with Gasteiger partial charge in [-0.3, -0.25) is 4.98 Å². The minimum absolute atomic E-state index is 0. The number of aromatic nitrogens is 1. The van der Waals surface area contributed by atoms with Gasteiger partial charge in [-0.1, -0.05) is 42.5 Å². The number of nitrogens with zero attached hydrogens (tertiary/aromatic N) is 1. The first-order chi connectivity index (χ1) is 8.93. The fourth-order valence-corrected chi connectivity index (χ4v) is 2.90. The molecule has 1 aromatic heterocycles. The van der Waals surface area contributed by atoms with Crippen LogP contribution in [0.4, 0.5) is 0 Å². The lowest BCUT2D eigenvalue weighted by Gasteiger charge is -2.14. The number of hydrogen-bond acceptors (Lipinski definition) is 1. The quantitative estimate of drug-likeness (QED) is 0.562. The number of pyridine rings is 1. The van der Waals surface area contributed by atoms with Gasteiger partial charge < -0.3 is 5.48 Å². The third-order valence-electron chi connectivity index (χ3n) is 3.75. The van der Waals surface area contributed by atoms with Crippen molar-refractivity contribution in [3.8, 4) is 0 Å². The molecule has 0 aliphatic heterocycles. The summed E-state index contributed by atoms with van der Waals surface area (Å²) >= 11 is 0. The zero-order valence-electron chi connectivity index (χ0n) is 10.6. The topological polar surface area (TPSA) is 44.4 Å². The molecule has 4 rings (SSSR count). The molecule has 0 atom stereocenters. The molecule has 0 radical (unpaired) electrons. The van der Waals surface area contributed by atoms with Gasteiger partial charge in [0.1, 0.15) is 0 Å². The number of allylic oxidation sites excluding steroid dienone is 1. The summed E-state index contributed by atoms with van der Waals surface area (Å²) in [5, 5.41) is 5.31. The summed E-state index contributed by atoms with van der Waals surface area (Å²) in [6.07, 6.45) is 8.59. The standard InChI is InChI=1S/C17H13N.H2O/c1-2-6-14-12(5-1)9-10-13-11-18-16-8-4-3-7-15(16)17(13)14;/h1-2,4-6,8-11H,3,7H2;1H2. The van der Waals surface area contributed by atoms with Gasteiger partial charge in [-0.15, -0.1) is 0 Å². The fraction of sp³-hybridized carbons (Fsp3) is 0.118. The van der Waals surface area contributed by atoms with Crippen LogP contribution in [0.15, 0.2) is 48.7 Å². The van der Waals surface area contributed by atoms with E-state index in [0.717, 1.165) is 18.5 Å². The Hall–Kier alpha value is -2.19. The maximum Gasteiger partial charge on any atom is 0.0665 e. The van der Waals surface area contributed by atoms with E-state index >= 15 is 0 Å². The average molecular weight is 249 g/mol. The smallest absolute Gasteiger partial charge is 0.0665 e. The molecule has 2 N–H and O–H groups in total. The Labute approximate surface area is 111 Å². The summed E-state index contributed by atoms with van der Waals surface area (Å²) in [4.78, 5) is 4.57. The van der Waals surface area contributed by atoms with E-state index in [1.807, 2.05) is 6.20 Å². The van der Waals surface area contributed by atoms with Crippen LogP contribution in [0.3, 0.4) is 0 Å². The summed E-state index contributed by atoms with van der Waals surface area (Å²) in [6.45, 7) is 0. The van der Waals surface area contributed by atoms with E-state index < -0.39 is 0 Å². The number of benzene rings is 2. The van der Waals surface area contributed by atoms with Crippen LogP contribution in [0.2, 0.25) is 0 Å². The van der Waals surface area contributed by atoms with E-state index in [0.29, 0.717) is 0 Å². The van der Waals surface area contributed by atoms with Crippen LogP contribution in [-0.4, -0.2) is 10.5 Å². The molecule has 0 amide bonds. The molecule has 0 spiro atoms. The first kappa shape index (κ1) is 11.9. The highest BCUT2D eigenvalue weighted by Crippen LogP contribution is 2.32. The van der Waals surface area contributed by atoms with Crippen LogP contribution in [0.5, 0.6) is 0 Å². The highest BCUT2D eigenvalue weighted by atomic mass is 16.0. The van der Waals surface area contributed by atoms with Gasteiger partial charge in [0.2, 0.25) is 0 Å². The van der Waals surface area contributed by atoms with Crippen LogP contribution in [0.1, 0.15) is 17.7 Å². The normalized spacial score (nSPS) is 13.3. The summed E-state index contributed by atoms with van der Waals surface area (Å²) < 4.78 is 0. The number of hydrogen-bond donors (Lipinski definition) is 0. The van der Waals surface area contributed by atoms with E-state index in [-0.39, 0.29) is 5.48 Å². The second-order valence-corrected chi connectivity index (χ2v) is 4.81. The lowest BCUT2D eigenvalue weighted by atomic mass is 9.93. The molecule has 94 valence electrons. The third kappa shape index (κ3) is 1.72. The van der Waals surface area contributed by atoms with Gasteiger partial charge in [-0.05, 0) is 40.6 Å². The minimum atomic E-state index is 0. The molecule has 0 unspecified atom stereocenters. The molecule has 0 saturated heterocycles. The molecule has 0 saturated carbocycles. The van der Waals surface area contributed by atoms with E-state index in [4.69, 9.17) is 0 Å². The van der Waals surface area contributed by atoms with Gasteiger partial charge in [0.15, 0.2) is 0 Å². The molecular weight excluding hydrogens is 234 g/mol. The van der Waals surface area contributed by atoms with Crippen LogP contribution in [0.25, 0.3) is 27.6 Å². The monoisotopic (exact) mass is 249 g/mol. The summed E-state index contributed by atoms with van der Waals surface area (Å²) in [5.41, 5.74) is 2.55. The molecule has 2 heteroatoms. The van der Waals surface area contributed by atoms with Crippen molar-refractivity contribution in [3.05, 3.63) is 59.9 Å². The van der Waals surface area contributed by atoms with Crippen molar-refractivity contribution in [2.45, 2.75) is 12.8 Å². The maximum absolute atomic E-state index is 4.57. The van der Waals surface area contributed by atoms with E-state index in [2.05, 4.69) is 53.5 Å². The molecule has 1 aliphatic carbocycles. The molecule has 2 aromatic carbocycles. The minimum Gasteiger partial charge on any atom is -0.412 e. The van der Waals surface area contributed by atoms with Crippen LogP contribution < -0.4 is 0 Å². The average Bonchev–Trinajstić information content (AvgIpc) is 2.46. The van der Waals surface area contributed by atoms with Gasteiger partial charge in [0, 0.05) is 11.6 Å². The second-order valence-electron chi connectivity index (χ2n) is 4.81. The zero-order valence-corrected chi connectivity index (χ0v) is 10.6. The molecule has 2 nitrogen and oxygen atoms in total. The molecule has 1 aliphatic rings. The second kappa shape index (κ2) is 4.48. The Bertz CT molecular complexity index is 790. The molecule has 19 heavy (non-hydrogen) atoms. The van der Waals surface area contributed by atoms with Crippen molar-refractivity contribution in [2.75, 3.05) is 0 Å². The van der Waals surface area contributed by atoms with Gasteiger partial charge in [-0.2, -0.15) is 0 Å². The first-order valence-corrected chi connectivity index (χ1v) is 6.39. The molecule has 1 heterocycles. The predicted molar refractivity (Wildman–Crippen MR) is 80.2 cm³/mol. The molecule has 0 fully saturated rings. The Balaban J connectivity index is 0.00000110. The molecule has 3 aromatic rings. The van der Waals surface area contributed by atoms with Crippen molar-refractivity contribution < 1.29 is 5.48 Å². The van der Waals surface area contributed by atoms with E-state index in [1.54, 1.807) is 0 Å². The Morgan fingerprint density at radius 2 is 1.79 bits per heavy atom. The van der Waals surface area contributed by atoms with Crippen LogP contribution in [0, 0.1) is 0 Å². The van der Waals surface area contributed by atoms with E-state index in [9.17, 15) is 0 Å². The maximum atomic E-state index is 4.57. The highest BCUT2D eigenvalue weighted by Gasteiger charge is 2.12. The summed E-state index contributed by atoms with van der Waals surface area (Å²) in [6, 6.07) is 13.0. The van der Waals surface area contributed by atoms with Crippen molar-refractivity contribution in [3.63, 3.8) is 0 Å². The van der Waals surface area contributed by atoms with E-state index in [1.165, 1.54) is 27.1 Å². The number of aryl methyl sites for hydroxylation is 1. The highest BCUT2D eigenvalue weighted by molar-refractivity contribution is 6.09. The van der Waals surface area contributed by atoms with Crippen molar-refractivity contribution in [2.24, 2.45) is 0 Å². The Kier molecular flexibility index (Phi) is 2.80. The van der Waals surface area contributed by atoms with Crippen LogP contribution in [-0.2, 0) is 6.42 Å². The van der Waals surface area contributed by atoms with Gasteiger partial charge in [0.05, 0.1) is 5.69 Å². The van der Waals surface area contributed by atoms with Crippen LogP contribution >= 0.6 is 0 Å². The predicted octanol–water partition coefficient (Wildman–Crippen LogP) is 3.52. The number of fused-ring (bicyclic) bond motifs is 5. The summed E-state index contributed by atoms with van der Waals surface area (Å²) in [7, 11) is 0. The Morgan fingerprint density at radius 1 is 0.947 bits per heavy atom. The first-order valence-electron chi connectivity index (χ1n) is 6.39. The lowest BCUT2D eigenvalue weighted by molar-refractivity contribution is 0.824. The van der Waals surface area contributed by atoms with Gasteiger partial charge >= 0.3 is 0 Å². The molecular formula is C17H15NO. The largest absolute Gasteiger partial charge is 0.412 e. The molecule has 0 bridgehead atoms.